The molecule has 2 N–H and O–H groups in total. The number of aromatic nitrogens is 1. The summed E-state index contributed by atoms with van der Waals surface area (Å²) in [4.78, 5) is 26.9. The number of thiazole rings is 1. The van der Waals surface area contributed by atoms with Crippen molar-refractivity contribution >= 4 is 23.3 Å². The van der Waals surface area contributed by atoms with Gasteiger partial charge in [-0.15, -0.1) is 11.3 Å². The number of hydrogen-bond acceptors (Lipinski definition) is 4. The minimum Gasteiger partial charge on any atom is -0.478 e. The maximum absolute atomic E-state index is 11.4. The van der Waals surface area contributed by atoms with Crippen LogP contribution in [-0.4, -0.2) is 27.1 Å². The molecule has 0 bridgehead atoms. The molecule has 0 aliphatic heterocycles. The SMILES string of the molecule is CC(C)(C)c1nc(Cc2ccc(C(=O)O)cc2)c(C(=O)O)s1. The van der Waals surface area contributed by atoms with E-state index in [1.54, 1.807) is 12.1 Å². The Morgan fingerprint density at radius 2 is 1.68 bits per heavy atom. The van der Waals surface area contributed by atoms with E-state index in [1.807, 2.05) is 20.8 Å². The van der Waals surface area contributed by atoms with Crippen LogP contribution in [0.5, 0.6) is 0 Å². The summed E-state index contributed by atoms with van der Waals surface area (Å²) in [5.41, 5.74) is 1.35. The molecule has 0 saturated carbocycles. The molecule has 0 unspecified atom stereocenters. The third-order valence-corrected chi connectivity index (χ3v) is 4.62. The summed E-state index contributed by atoms with van der Waals surface area (Å²) in [7, 11) is 0. The summed E-state index contributed by atoms with van der Waals surface area (Å²) in [6.45, 7) is 5.97. The van der Waals surface area contributed by atoms with Crippen LogP contribution < -0.4 is 0 Å². The van der Waals surface area contributed by atoms with Gasteiger partial charge in [-0.2, -0.15) is 0 Å². The summed E-state index contributed by atoms with van der Waals surface area (Å²) in [6.07, 6.45) is 0.369. The Bertz CT molecular complexity index is 711. The summed E-state index contributed by atoms with van der Waals surface area (Å²) in [6, 6.07) is 6.39. The average molecular weight is 319 g/mol. The normalized spacial score (nSPS) is 11.4. The van der Waals surface area contributed by atoms with Crippen molar-refractivity contribution in [3.8, 4) is 0 Å². The molecule has 0 spiro atoms. The highest BCUT2D eigenvalue weighted by atomic mass is 32.1. The number of carboxylic acid groups (broad SMARTS) is 2. The fourth-order valence-electron chi connectivity index (χ4n) is 1.92. The van der Waals surface area contributed by atoms with E-state index >= 15 is 0 Å². The largest absolute Gasteiger partial charge is 0.478 e. The zero-order valence-corrected chi connectivity index (χ0v) is 13.4. The quantitative estimate of drug-likeness (QED) is 0.901. The van der Waals surface area contributed by atoms with E-state index in [9.17, 15) is 14.7 Å². The lowest BCUT2D eigenvalue weighted by molar-refractivity contribution is 0.0688. The van der Waals surface area contributed by atoms with Crippen LogP contribution in [-0.2, 0) is 11.8 Å². The van der Waals surface area contributed by atoms with Gasteiger partial charge in [-0.25, -0.2) is 14.6 Å². The minimum atomic E-state index is -0.985. The van der Waals surface area contributed by atoms with E-state index in [1.165, 1.54) is 23.5 Å². The molecule has 0 radical (unpaired) electrons. The van der Waals surface area contributed by atoms with Crippen LogP contribution in [0.1, 0.15) is 57.1 Å². The summed E-state index contributed by atoms with van der Waals surface area (Å²) in [5.74, 6) is -1.97. The first-order valence-electron chi connectivity index (χ1n) is 6.74. The molecule has 2 aromatic rings. The Labute approximate surface area is 132 Å². The van der Waals surface area contributed by atoms with Crippen LogP contribution >= 0.6 is 11.3 Å². The van der Waals surface area contributed by atoms with Gasteiger partial charge in [0.2, 0.25) is 0 Å². The Morgan fingerprint density at radius 3 is 2.14 bits per heavy atom. The van der Waals surface area contributed by atoms with Crippen molar-refractivity contribution in [2.24, 2.45) is 0 Å². The third-order valence-electron chi connectivity index (χ3n) is 3.11. The molecule has 0 atom stereocenters. The molecule has 5 nitrogen and oxygen atoms in total. The first kappa shape index (κ1) is 16.2. The zero-order valence-electron chi connectivity index (χ0n) is 12.6. The summed E-state index contributed by atoms with van der Waals surface area (Å²) in [5, 5.41) is 19.0. The lowest BCUT2D eigenvalue weighted by Gasteiger charge is -2.13. The molecule has 116 valence electrons. The first-order chi connectivity index (χ1) is 10.2. The highest BCUT2D eigenvalue weighted by Gasteiger charge is 2.24. The van der Waals surface area contributed by atoms with Gasteiger partial charge in [0.15, 0.2) is 0 Å². The molecular formula is C16H17NO4S. The van der Waals surface area contributed by atoms with E-state index < -0.39 is 11.9 Å². The van der Waals surface area contributed by atoms with Gasteiger partial charge in [0.25, 0.3) is 0 Å². The van der Waals surface area contributed by atoms with Crippen LogP contribution in [0.2, 0.25) is 0 Å². The predicted octanol–water partition coefficient (Wildman–Crippen LogP) is 3.43. The fraction of sp³-hybridized carbons (Fsp3) is 0.312. The van der Waals surface area contributed by atoms with Gasteiger partial charge in [-0.3, -0.25) is 0 Å². The van der Waals surface area contributed by atoms with Gasteiger partial charge in [0.1, 0.15) is 4.88 Å². The number of benzene rings is 1. The second-order valence-corrected chi connectivity index (χ2v) is 7.03. The van der Waals surface area contributed by atoms with Gasteiger partial charge in [-0.1, -0.05) is 32.9 Å². The highest BCUT2D eigenvalue weighted by Crippen LogP contribution is 2.30. The molecule has 0 aliphatic rings. The number of carboxylic acids is 2. The van der Waals surface area contributed by atoms with Gasteiger partial charge in [-0.05, 0) is 17.7 Å². The Kier molecular flexibility index (Phi) is 4.32. The monoisotopic (exact) mass is 319 g/mol. The molecule has 6 heteroatoms. The fourth-order valence-corrected chi connectivity index (χ4v) is 2.90. The molecule has 0 aliphatic carbocycles. The van der Waals surface area contributed by atoms with E-state index in [4.69, 9.17) is 5.11 Å². The van der Waals surface area contributed by atoms with E-state index in [2.05, 4.69) is 4.98 Å². The van der Waals surface area contributed by atoms with Crippen LogP contribution in [0.15, 0.2) is 24.3 Å². The second-order valence-electron chi connectivity index (χ2n) is 6.03. The highest BCUT2D eigenvalue weighted by molar-refractivity contribution is 7.13. The third kappa shape index (κ3) is 3.51. The average Bonchev–Trinajstić information content (AvgIpc) is 2.83. The lowest BCUT2D eigenvalue weighted by atomic mass is 9.98. The number of nitrogens with zero attached hydrogens (tertiary/aromatic N) is 1. The molecular weight excluding hydrogens is 302 g/mol. The van der Waals surface area contributed by atoms with Gasteiger partial charge in [0, 0.05) is 11.8 Å². The van der Waals surface area contributed by atoms with Crippen molar-refractivity contribution in [1.82, 2.24) is 4.98 Å². The number of hydrogen-bond donors (Lipinski definition) is 2. The Balaban J connectivity index is 2.34. The van der Waals surface area contributed by atoms with E-state index in [0.29, 0.717) is 12.1 Å². The molecule has 1 aromatic heterocycles. The molecule has 1 heterocycles. The zero-order chi connectivity index (χ0) is 16.5. The Hall–Kier alpha value is -2.21. The van der Waals surface area contributed by atoms with Crippen molar-refractivity contribution in [3.05, 3.63) is 51.0 Å². The smallest absolute Gasteiger partial charge is 0.347 e. The van der Waals surface area contributed by atoms with Crippen molar-refractivity contribution in [2.75, 3.05) is 0 Å². The summed E-state index contributed by atoms with van der Waals surface area (Å²) < 4.78 is 0. The molecule has 0 fully saturated rings. The number of aromatic carboxylic acids is 2. The summed E-state index contributed by atoms with van der Waals surface area (Å²) >= 11 is 1.20. The standard InChI is InChI=1S/C16H17NO4S/c1-16(2,3)15-17-11(12(22-15)14(20)21)8-9-4-6-10(7-5-9)13(18)19/h4-7H,8H2,1-3H3,(H,18,19)(H,20,21). The maximum Gasteiger partial charge on any atom is 0.347 e. The predicted molar refractivity (Wildman–Crippen MR) is 84.0 cm³/mol. The van der Waals surface area contributed by atoms with Crippen molar-refractivity contribution in [1.29, 1.82) is 0 Å². The van der Waals surface area contributed by atoms with Crippen LogP contribution in [0.3, 0.4) is 0 Å². The van der Waals surface area contributed by atoms with Gasteiger partial charge >= 0.3 is 11.9 Å². The minimum absolute atomic E-state index is 0.205. The molecule has 2 rings (SSSR count). The van der Waals surface area contributed by atoms with Crippen molar-refractivity contribution in [3.63, 3.8) is 0 Å². The maximum atomic E-state index is 11.4. The van der Waals surface area contributed by atoms with Crippen LogP contribution in [0, 0.1) is 0 Å². The number of rotatable bonds is 4. The molecule has 0 amide bonds. The second kappa shape index (κ2) is 5.88. The van der Waals surface area contributed by atoms with Crippen molar-refractivity contribution < 1.29 is 19.8 Å². The lowest BCUT2D eigenvalue weighted by Crippen LogP contribution is -2.10. The van der Waals surface area contributed by atoms with Crippen LogP contribution in [0.25, 0.3) is 0 Å². The van der Waals surface area contributed by atoms with Gasteiger partial charge < -0.3 is 10.2 Å². The van der Waals surface area contributed by atoms with Crippen molar-refractivity contribution in [2.45, 2.75) is 32.6 Å². The Morgan fingerprint density at radius 1 is 1.09 bits per heavy atom. The first-order valence-corrected chi connectivity index (χ1v) is 7.56. The number of carbonyl (C=O) groups is 2. The molecule has 22 heavy (non-hydrogen) atoms. The molecule has 0 saturated heterocycles. The van der Waals surface area contributed by atoms with Crippen LogP contribution in [0.4, 0.5) is 0 Å². The molecule has 1 aromatic carbocycles. The topological polar surface area (TPSA) is 87.5 Å². The van der Waals surface area contributed by atoms with Gasteiger partial charge in [0.05, 0.1) is 16.3 Å². The van der Waals surface area contributed by atoms with E-state index in [0.717, 1.165) is 10.6 Å². The van der Waals surface area contributed by atoms with E-state index in [-0.39, 0.29) is 15.9 Å².